The largest absolute Gasteiger partial charge is 0.480 e. The Labute approximate surface area is 89.8 Å². The van der Waals surface area contributed by atoms with Gasteiger partial charge in [-0.15, -0.1) is 0 Å². The minimum Gasteiger partial charge on any atom is -0.480 e. The number of hydrogen-bond donors (Lipinski definition) is 3. The van der Waals surface area contributed by atoms with Crippen LogP contribution in [0.5, 0.6) is 0 Å². The Balaban J connectivity index is 5.50. The van der Waals surface area contributed by atoms with Crippen LogP contribution in [0.2, 0.25) is 0 Å². The number of carbonyl (C=O) groups is 2. The molecule has 0 aliphatic heterocycles. The molecule has 88 valence electrons. The minimum atomic E-state index is -1.52. The highest BCUT2D eigenvalue weighted by molar-refractivity contribution is 5.85. The van der Waals surface area contributed by atoms with Gasteiger partial charge in [0.25, 0.3) is 0 Å². The Morgan fingerprint density at radius 3 is 1.60 bits per heavy atom. The van der Waals surface area contributed by atoms with Crippen LogP contribution >= 0.6 is 0 Å². The van der Waals surface area contributed by atoms with E-state index >= 15 is 0 Å². The van der Waals surface area contributed by atoms with Crippen LogP contribution in [0.15, 0.2) is 0 Å². The molecule has 0 aromatic rings. The van der Waals surface area contributed by atoms with E-state index in [1.54, 1.807) is 27.7 Å². The summed E-state index contributed by atoms with van der Waals surface area (Å²) in [6, 6.07) is 0. The predicted molar refractivity (Wildman–Crippen MR) is 57.0 cm³/mol. The highest BCUT2D eigenvalue weighted by Gasteiger charge is 2.55. The van der Waals surface area contributed by atoms with Crippen LogP contribution in [-0.4, -0.2) is 22.5 Å². The van der Waals surface area contributed by atoms with Crippen molar-refractivity contribution in [2.45, 2.75) is 40.2 Å². The van der Waals surface area contributed by atoms with Gasteiger partial charge in [-0.1, -0.05) is 27.7 Å². The number of carbonyl (C=O) groups excluding carboxylic acids is 1. The molecule has 5 N–H and O–H groups in total. The van der Waals surface area contributed by atoms with E-state index in [9.17, 15) is 9.59 Å². The second-order valence-corrected chi connectivity index (χ2v) is 5.12. The third-order valence-electron chi connectivity index (χ3n) is 3.92. The standard InChI is InChI=1S/C10H20N2O3/c1-8(2,6(11)13)9(3,4)10(5,12)7(14)15/h12H2,1-5H3,(H2,11,13)(H,14,15). The summed E-state index contributed by atoms with van der Waals surface area (Å²) in [5.74, 6) is -1.72. The monoisotopic (exact) mass is 216 g/mol. The Kier molecular flexibility index (Phi) is 3.23. The van der Waals surface area contributed by atoms with Crippen molar-refractivity contribution in [3.05, 3.63) is 0 Å². The fraction of sp³-hybridized carbons (Fsp3) is 0.800. The average molecular weight is 216 g/mol. The number of aliphatic carboxylic acids is 1. The molecule has 0 aromatic heterocycles. The Bertz CT molecular complexity index is 265. The van der Waals surface area contributed by atoms with E-state index < -0.39 is 28.2 Å². The van der Waals surface area contributed by atoms with Crippen LogP contribution in [0.4, 0.5) is 0 Å². The molecule has 1 amide bonds. The topological polar surface area (TPSA) is 106 Å². The van der Waals surface area contributed by atoms with Gasteiger partial charge in [0.2, 0.25) is 5.91 Å². The summed E-state index contributed by atoms with van der Waals surface area (Å²) in [5, 5.41) is 9.04. The van der Waals surface area contributed by atoms with Crippen molar-refractivity contribution in [1.29, 1.82) is 0 Å². The smallest absolute Gasteiger partial charge is 0.323 e. The zero-order valence-corrected chi connectivity index (χ0v) is 9.92. The van der Waals surface area contributed by atoms with Gasteiger partial charge in [-0.3, -0.25) is 9.59 Å². The van der Waals surface area contributed by atoms with Gasteiger partial charge < -0.3 is 16.6 Å². The molecule has 5 heteroatoms. The molecule has 0 aliphatic carbocycles. The number of rotatable bonds is 4. The summed E-state index contributed by atoms with van der Waals surface area (Å²) in [7, 11) is 0. The van der Waals surface area contributed by atoms with Crippen molar-refractivity contribution >= 4 is 11.9 Å². The molecule has 15 heavy (non-hydrogen) atoms. The van der Waals surface area contributed by atoms with E-state index in [-0.39, 0.29) is 0 Å². The predicted octanol–water partition coefficient (Wildman–Crippen LogP) is 0.326. The lowest BCUT2D eigenvalue weighted by Gasteiger charge is -2.47. The first-order chi connectivity index (χ1) is 6.39. The summed E-state index contributed by atoms with van der Waals surface area (Å²) in [5.41, 5.74) is 7.53. The van der Waals surface area contributed by atoms with E-state index in [4.69, 9.17) is 16.6 Å². The minimum absolute atomic E-state index is 0.564. The lowest BCUT2D eigenvalue weighted by molar-refractivity contribution is -0.154. The molecular weight excluding hydrogens is 196 g/mol. The Hall–Kier alpha value is -1.10. The van der Waals surface area contributed by atoms with E-state index in [0.717, 1.165) is 0 Å². The molecule has 0 saturated heterocycles. The van der Waals surface area contributed by atoms with Gasteiger partial charge in [0.05, 0.1) is 5.41 Å². The molecule has 0 radical (unpaired) electrons. The van der Waals surface area contributed by atoms with Crippen molar-refractivity contribution in [2.24, 2.45) is 22.3 Å². The summed E-state index contributed by atoms with van der Waals surface area (Å²) in [4.78, 5) is 22.4. The van der Waals surface area contributed by atoms with Crippen LogP contribution in [0.3, 0.4) is 0 Å². The molecule has 0 aromatic carbocycles. The molecule has 0 bridgehead atoms. The van der Waals surface area contributed by atoms with Crippen LogP contribution in [-0.2, 0) is 9.59 Å². The number of hydrogen-bond acceptors (Lipinski definition) is 3. The molecule has 0 saturated carbocycles. The SMILES string of the molecule is CC(C)(C(N)=O)C(C)(C)C(C)(N)C(=O)O. The first kappa shape index (κ1) is 13.9. The summed E-state index contributed by atoms with van der Waals surface area (Å²) in [6.45, 7) is 7.85. The van der Waals surface area contributed by atoms with Crippen molar-refractivity contribution < 1.29 is 14.7 Å². The molecule has 0 spiro atoms. The zero-order chi connectivity index (χ0) is 12.7. The van der Waals surface area contributed by atoms with Gasteiger partial charge in [-0.2, -0.15) is 0 Å². The van der Waals surface area contributed by atoms with Crippen LogP contribution in [0, 0.1) is 10.8 Å². The number of amides is 1. The first-order valence-corrected chi connectivity index (χ1v) is 4.71. The second kappa shape index (κ2) is 3.48. The molecule has 1 unspecified atom stereocenters. The Morgan fingerprint density at radius 2 is 1.40 bits per heavy atom. The molecule has 1 atom stereocenters. The molecular formula is C10H20N2O3. The number of nitrogens with two attached hydrogens (primary N) is 2. The summed E-state index contributed by atoms with van der Waals surface area (Å²) < 4.78 is 0. The van der Waals surface area contributed by atoms with Crippen LogP contribution in [0.25, 0.3) is 0 Å². The van der Waals surface area contributed by atoms with E-state index in [1.807, 2.05) is 0 Å². The van der Waals surface area contributed by atoms with Gasteiger partial charge in [0.1, 0.15) is 5.54 Å². The van der Waals surface area contributed by atoms with E-state index in [2.05, 4.69) is 0 Å². The number of carboxylic acids is 1. The zero-order valence-electron chi connectivity index (χ0n) is 9.92. The molecule has 0 rings (SSSR count). The van der Waals surface area contributed by atoms with Crippen molar-refractivity contribution in [3.63, 3.8) is 0 Å². The highest BCUT2D eigenvalue weighted by atomic mass is 16.4. The van der Waals surface area contributed by atoms with Crippen molar-refractivity contribution in [1.82, 2.24) is 0 Å². The highest BCUT2D eigenvalue weighted by Crippen LogP contribution is 2.45. The van der Waals surface area contributed by atoms with E-state index in [0.29, 0.717) is 0 Å². The van der Waals surface area contributed by atoms with Crippen molar-refractivity contribution in [2.75, 3.05) is 0 Å². The van der Waals surface area contributed by atoms with Gasteiger partial charge in [-0.05, 0) is 6.92 Å². The second-order valence-electron chi connectivity index (χ2n) is 5.12. The fourth-order valence-corrected chi connectivity index (χ4v) is 1.22. The Morgan fingerprint density at radius 1 is 1.07 bits per heavy atom. The average Bonchev–Trinajstić information content (AvgIpc) is 2.02. The van der Waals surface area contributed by atoms with Gasteiger partial charge in [0.15, 0.2) is 0 Å². The van der Waals surface area contributed by atoms with Crippen molar-refractivity contribution in [3.8, 4) is 0 Å². The maximum absolute atomic E-state index is 11.3. The molecule has 0 heterocycles. The maximum Gasteiger partial charge on any atom is 0.323 e. The lowest BCUT2D eigenvalue weighted by Crippen LogP contribution is -2.64. The molecule has 0 fully saturated rings. The molecule has 5 nitrogen and oxygen atoms in total. The normalized spacial score (nSPS) is 16.9. The lowest BCUT2D eigenvalue weighted by atomic mass is 9.58. The van der Waals surface area contributed by atoms with Gasteiger partial charge in [0, 0.05) is 5.41 Å². The first-order valence-electron chi connectivity index (χ1n) is 4.71. The quantitative estimate of drug-likeness (QED) is 0.629. The third kappa shape index (κ3) is 1.84. The fourth-order valence-electron chi connectivity index (χ4n) is 1.22. The van der Waals surface area contributed by atoms with E-state index in [1.165, 1.54) is 6.92 Å². The number of carboxylic acid groups (broad SMARTS) is 1. The van der Waals surface area contributed by atoms with Gasteiger partial charge >= 0.3 is 5.97 Å². The maximum atomic E-state index is 11.3. The van der Waals surface area contributed by atoms with Crippen LogP contribution in [0.1, 0.15) is 34.6 Å². The summed E-state index contributed by atoms with van der Waals surface area (Å²) >= 11 is 0. The van der Waals surface area contributed by atoms with Crippen LogP contribution < -0.4 is 11.5 Å². The van der Waals surface area contributed by atoms with Gasteiger partial charge in [-0.25, -0.2) is 0 Å². The molecule has 0 aliphatic rings. The third-order valence-corrected chi connectivity index (χ3v) is 3.92. The number of primary amides is 1. The summed E-state index contributed by atoms with van der Waals surface area (Å²) in [6.07, 6.45) is 0.